The molecule has 1 atom stereocenters. The quantitative estimate of drug-likeness (QED) is 0.537. The third-order valence-corrected chi connectivity index (χ3v) is 6.19. The second kappa shape index (κ2) is 8.69. The van der Waals surface area contributed by atoms with Crippen molar-refractivity contribution in [3.8, 4) is 0 Å². The first-order chi connectivity index (χ1) is 10.1. The summed E-state index contributed by atoms with van der Waals surface area (Å²) in [5.74, 6) is 0.878. The molecule has 0 saturated heterocycles. The molecule has 1 aliphatic carbocycles. The van der Waals surface area contributed by atoms with E-state index >= 15 is 0 Å². The smallest absolute Gasteiger partial charge is 0.0334 e. The third-order valence-electron chi connectivity index (χ3n) is 4.65. The van der Waals surface area contributed by atoms with Gasteiger partial charge in [-0.25, -0.2) is 0 Å². The van der Waals surface area contributed by atoms with Crippen molar-refractivity contribution in [2.75, 3.05) is 6.54 Å². The molecule has 1 aromatic carbocycles. The topological polar surface area (TPSA) is 12.0 Å². The molecule has 1 nitrogen and oxygen atoms in total. The van der Waals surface area contributed by atoms with E-state index in [0.29, 0.717) is 6.04 Å². The maximum atomic E-state index is 3.77. The van der Waals surface area contributed by atoms with Gasteiger partial charge in [-0.15, -0.1) is 0 Å². The van der Waals surface area contributed by atoms with E-state index in [9.17, 15) is 0 Å². The summed E-state index contributed by atoms with van der Waals surface area (Å²) < 4.78 is 2.45. The number of nitrogens with one attached hydrogen (secondary N) is 1. The number of hydrogen-bond acceptors (Lipinski definition) is 1. The molecule has 1 unspecified atom stereocenters. The molecule has 0 radical (unpaired) electrons. The summed E-state index contributed by atoms with van der Waals surface area (Å²) in [4.78, 5) is 0. The van der Waals surface area contributed by atoms with Crippen molar-refractivity contribution in [3.63, 3.8) is 0 Å². The molecule has 1 saturated carbocycles. The molecule has 1 N–H and O–H groups in total. The van der Waals surface area contributed by atoms with Crippen LogP contribution >= 0.6 is 31.9 Å². The molecule has 0 aromatic heterocycles. The summed E-state index contributed by atoms with van der Waals surface area (Å²) in [6.45, 7) is 5.37. The first-order valence-corrected chi connectivity index (χ1v) is 9.89. The van der Waals surface area contributed by atoms with Gasteiger partial charge in [0.1, 0.15) is 0 Å². The van der Waals surface area contributed by atoms with E-state index in [2.05, 4.69) is 63.2 Å². The van der Waals surface area contributed by atoms with E-state index in [1.165, 1.54) is 65.0 Å². The second-order valence-corrected chi connectivity index (χ2v) is 8.04. The fraction of sp³-hybridized carbons (Fsp3) is 0.667. The molecule has 1 fully saturated rings. The van der Waals surface area contributed by atoms with Crippen LogP contribution in [-0.2, 0) is 0 Å². The predicted molar refractivity (Wildman–Crippen MR) is 98.8 cm³/mol. The minimum absolute atomic E-state index is 0.462. The molecule has 2 rings (SSSR count). The summed E-state index contributed by atoms with van der Waals surface area (Å²) in [6.07, 6.45) is 9.79. The Labute approximate surface area is 146 Å². The van der Waals surface area contributed by atoms with Crippen LogP contribution in [0.1, 0.15) is 69.0 Å². The van der Waals surface area contributed by atoms with Crippen molar-refractivity contribution >= 4 is 31.9 Å². The lowest BCUT2D eigenvalue weighted by molar-refractivity contribution is 0.359. The number of aryl methyl sites for hydroxylation is 1. The van der Waals surface area contributed by atoms with Crippen LogP contribution in [0.15, 0.2) is 21.1 Å². The van der Waals surface area contributed by atoms with Crippen molar-refractivity contribution in [2.24, 2.45) is 5.92 Å². The molecular weight excluding hydrogens is 390 g/mol. The van der Waals surface area contributed by atoms with Gasteiger partial charge in [0.05, 0.1) is 0 Å². The number of rotatable bonds is 5. The minimum atomic E-state index is 0.462. The molecular formula is C18H27Br2N. The molecule has 1 aromatic rings. The van der Waals surface area contributed by atoms with Crippen LogP contribution < -0.4 is 5.32 Å². The summed E-state index contributed by atoms with van der Waals surface area (Å²) in [6, 6.07) is 4.99. The van der Waals surface area contributed by atoms with E-state index in [-0.39, 0.29) is 0 Å². The van der Waals surface area contributed by atoms with Crippen molar-refractivity contribution < 1.29 is 0 Å². The van der Waals surface area contributed by atoms with Gasteiger partial charge >= 0.3 is 0 Å². The van der Waals surface area contributed by atoms with Gasteiger partial charge in [-0.2, -0.15) is 0 Å². The Morgan fingerprint density at radius 3 is 2.38 bits per heavy atom. The van der Waals surface area contributed by atoms with Gasteiger partial charge in [0.25, 0.3) is 0 Å². The fourth-order valence-corrected chi connectivity index (χ4v) is 4.52. The Balaban J connectivity index is 2.15. The van der Waals surface area contributed by atoms with Gasteiger partial charge in [-0.3, -0.25) is 0 Å². The number of hydrogen-bond donors (Lipinski definition) is 1. The maximum absolute atomic E-state index is 3.77. The van der Waals surface area contributed by atoms with E-state index in [1.54, 1.807) is 0 Å². The molecule has 0 bridgehead atoms. The Morgan fingerprint density at radius 1 is 1.10 bits per heavy atom. The highest BCUT2D eigenvalue weighted by Crippen LogP contribution is 2.36. The second-order valence-electron chi connectivity index (χ2n) is 6.33. The van der Waals surface area contributed by atoms with Crippen molar-refractivity contribution in [2.45, 2.75) is 64.8 Å². The van der Waals surface area contributed by atoms with E-state index in [4.69, 9.17) is 0 Å². The zero-order valence-electron chi connectivity index (χ0n) is 13.2. The van der Waals surface area contributed by atoms with Gasteiger partial charge in [0, 0.05) is 15.0 Å². The molecule has 0 aliphatic heterocycles. The molecule has 0 amide bonds. The summed E-state index contributed by atoms with van der Waals surface area (Å²) in [7, 11) is 0. The van der Waals surface area contributed by atoms with Crippen LogP contribution in [0, 0.1) is 12.8 Å². The minimum Gasteiger partial charge on any atom is -0.310 e. The maximum Gasteiger partial charge on any atom is 0.0334 e. The Bertz CT molecular complexity index is 451. The van der Waals surface area contributed by atoms with Gasteiger partial charge < -0.3 is 5.32 Å². The molecule has 3 heteroatoms. The average molecular weight is 417 g/mol. The highest BCUT2D eigenvalue weighted by Gasteiger charge is 2.21. The van der Waals surface area contributed by atoms with Crippen molar-refractivity contribution in [3.05, 3.63) is 32.2 Å². The molecule has 118 valence electrons. The number of halogens is 2. The van der Waals surface area contributed by atoms with Crippen LogP contribution in [0.5, 0.6) is 0 Å². The Hall–Kier alpha value is 0.140. The third kappa shape index (κ3) is 5.07. The Morgan fingerprint density at radius 2 is 1.76 bits per heavy atom. The predicted octanol–water partition coefficient (Wildman–Crippen LogP) is 6.53. The largest absolute Gasteiger partial charge is 0.310 e. The average Bonchev–Trinajstić information content (AvgIpc) is 2.71. The molecule has 21 heavy (non-hydrogen) atoms. The summed E-state index contributed by atoms with van der Waals surface area (Å²) >= 11 is 7.46. The summed E-state index contributed by atoms with van der Waals surface area (Å²) in [5.41, 5.74) is 2.69. The van der Waals surface area contributed by atoms with Gasteiger partial charge in [-0.1, -0.05) is 77.3 Å². The normalized spacial score (nSPS) is 18.5. The van der Waals surface area contributed by atoms with E-state index in [0.717, 1.165) is 12.5 Å². The van der Waals surface area contributed by atoms with Crippen molar-refractivity contribution in [1.29, 1.82) is 0 Å². The van der Waals surface area contributed by atoms with Crippen LogP contribution in [0.25, 0.3) is 0 Å². The van der Waals surface area contributed by atoms with Crippen LogP contribution in [0.3, 0.4) is 0 Å². The van der Waals surface area contributed by atoms with Gasteiger partial charge in [-0.05, 0) is 49.1 Å². The van der Waals surface area contributed by atoms with Crippen molar-refractivity contribution in [1.82, 2.24) is 5.32 Å². The SMILES string of the molecule is CCNC(CC1CCCCCC1)c1cc(Br)c(C)cc1Br. The lowest BCUT2D eigenvalue weighted by Gasteiger charge is -2.25. The lowest BCUT2D eigenvalue weighted by atomic mass is 9.89. The highest BCUT2D eigenvalue weighted by molar-refractivity contribution is 9.11. The lowest BCUT2D eigenvalue weighted by Crippen LogP contribution is -2.24. The first kappa shape index (κ1) is 17.5. The first-order valence-electron chi connectivity index (χ1n) is 8.30. The van der Waals surface area contributed by atoms with E-state index < -0.39 is 0 Å². The zero-order valence-corrected chi connectivity index (χ0v) is 16.4. The zero-order chi connectivity index (χ0) is 15.2. The molecule has 1 aliphatic rings. The number of benzene rings is 1. The van der Waals surface area contributed by atoms with Crippen LogP contribution in [0.4, 0.5) is 0 Å². The molecule has 0 spiro atoms. The standard InChI is InChI=1S/C18H27Br2N/c1-3-21-18(11-14-8-6-4-5-7-9-14)15-12-16(19)13(2)10-17(15)20/h10,12,14,18,21H,3-9,11H2,1-2H3. The Kier molecular flexibility index (Phi) is 7.24. The fourth-order valence-electron chi connectivity index (χ4n) is 3.43. The van der Waals surface area contributed by atoms with E-state index in [1.807, 2.05) is 0 Å². The van der Waals surface area contributed by atoms with Gasteiger partial charge in [0.15, 0.2) is 0 Å². The van der Waals surface area contributed by atoms with Gasteiger partial charge in [0.2, 0.25) is 0 Å². The molecule has 0 heterocycles. The highest BCUT2D eigenvalue weighted by atomic mass is 79.9. The monoisotopic (exact) mass is 415 g/mol. The summed E-state index contributed by atoms with van der Waals surface area (Å²) in [5, 5.41) is 3.70. The van der Waals surface area contributed by atoms with Crippen LogP contribution in [-0.4, -0.2) is 6.54 Å². The van der Waals surface area contributed by atoms with Crippen LogP contribution in [0.2, 0.25) is 0 Å².